The number of amides is 1. The Hall–Kier alpha value is -3.22. The molecule has 2 aromatic carbocycles. The molecule has 7 heteroatoms. The Labute approximate surface area is 170 Å². The van der Waals surface area contributed by atoms with Crippen LogP contribution < -0.4 is 19.5 Å². The van der Waals surface area contributed by atoms with E-state index in [4.69, 9.17) is 18.9 Å². The summed E-state index contributed by atoms with van der Waals surface area (Å²) in [7, 11) is 4.69. The third-order valence-corrected chi connectivity index (χ3v) is 4.39. The molecular weight excluding hydrogens is 374 g/mol. The summed E-state index contributed by atoms with van der Waals surface area (Å²) in [6.07, 6.45) is -0.267. The molecule has 0 unspecified atom stereocenters. The molecule has 0 saturated carbocycles. The molecule has 1 atom stereocenters. The number of para-hydroxylation sites is 1. The summed E-state index contributed by atoms with van der Waals surface area (Å²) in [6.45, 7) is 1.84. The highest BCUT2D eigenvalue weighted by Crippen LogP contribution is 2.28. The van der Waals surface area contributed by atoms with Gasteiger partial charge >= 0.3 is 5.97 Å². The maximum Gasteiger partial charge on any atom is 0.306 e. The zero-order chi connectivity index (χ0) is 21.2. The second-order valence-electron chi connectivity index (χ2n) is 6.35. The van der Waals surface area contributed by atoms with Crippen molar-refractivity contribution < 1.29 is 28.5 Å². The Balaban J connectivity index is 1.81. The van der Waals surface area contributed by atoms with Crippen LogP contribution in [-0.2, 0) is 27.3 Å². The zero-order valence-electron chi connectivity index (χ0n) is 17.2. The van der Waals surface area contributed by atoms with Gasteiger partial charge in [-0.2, -0.15) is 0 Å². The predicted molar refractivity (Wildman–Crippen MR) is 108 cm³/mol. The number of ether oxygens (including phenoxy) is 4. The van der Waals surface area contributed by atoms with E-state index < -0.39 is 12.1 Å². The van der Waals surface area contributed by atoms with Crippen molar-refractivity contribution >= 4 is 11.9 Å². The van der Waals surface area contributed by atoms with E-state index in [9.17, 15) is 9.59 Å². The topological polar surface area (TPSA) is 83.1 Å². The summed E-state index contributed by atoms with van der Waals surface area (Å²) >= 11 is 0. The summed E-state index contributed by atoms with van der Waals surface area (Å²) in [5.74, 6) is 1.10. The van der Waals surface area contributed by atoms with Crippen LogP contribution in [0.25, 0.3) is 0 Å². The van der Waals surface area contributed by atoms with Crippen LogP contribution in [0.5, 0.6) is 17.2 Å². The summed E-state index contributed by atoms with van der Waals surface area (Å²) in [4.78, 5) is 24.3. The molecule has 0 saturated heterocycles. The number of esters is 1. The SMILES string of the molecule is COc1ccccc1CNC(=O)[C@H](C)OC(=O)CCc1ccc(OC)c(OC)c1. The minimum absolute atomic E-state index is 0.152. The van der Waals surface area contributed by atoms with Crippen molar-refractivity contribution in [1.29, 1.82) is 0 Å². The average molecular weight is 401 g/mol. The Morgan fingerprint density at radius 3 is 2.31 bits per heavy atom. The third kappa shape index (κ3) is 6.41. The Kier molecular flexibility index (Phi) is 8.33. The largest absolute Gasteiger partial charge is 0.496 e. The van der Waals surface area contributed by atoms with Crippen molar-refractivity contribution in [2.45, 2.75) is 32.4 Å². The van der Waals surface area contributed by atoms with Crippen molar-refractivity contribution in [3.05, 3.63) is 53.6 Å². The minimum atomic E-state index is -0.886. The van der Waals surface area contributed by atoms with Crippen LogP contribution in [-0.4, -0.2) is 39.3 Å². The number of aryl methyl sites for hydroxylation is 1. The summed E-state index contributed by atoms with van der Waals surface area (Å²) in [6, 6.07) is 12.9. The number of hydrogen-bond acceptors (Lipinski definition) is 6. The molecule has 156 valence electrons. The number of carbonyl (C=O) groups is 2. The zero-order valence-corrected chi connectivity index (χ0v) is 17.2. The highest BCUT2D eigenvalue weighted by atomic mass is 16.5. The number of methoxy groups -OCH3 is 3. The van der Waals surface area contributed by atoms with Crippen molar-refractivity contribution in [2.75, 3.05) is 21.3 Å². The van der Waals surface area contributed by atoms with E-state index in [0.29, 0.717) is 23.7 Å². The van der Waals surface area contributed by atoms with E-state index in [-0.39, 0.29) is 18.9 Å². The first-order chi connectivity index (χ1) is 14.0. The van der Waals surface area contributed by atoms with Crippen LogP contribution in [0.1, 0.15) is 24.5 Å². The molecule has 0 radical (unpaired) electrons. The van der Waals surface area contributed by atoms with Gasteiger partial charge in [0.1, 0.15) is 5.75 Å². The second kappa shape index (κ2) is 10.9. The molecule has 29 heavy (non-hydrogen) atoms. The maximum absolute atomic E-state index is 12.2. The average Bonchev–Trinajstić information content (AvgIpc) is 2.75. The van der Waals surface area contributed by atoms with Crippen LogP contribution in [0.3, 0.4) is 0 Å². The van der Waals surface area contributed by atoms with Gasteiger partial charge in [0.15, 0.2) is 17.6 Å². The van der Waals surface area contributed by atoms with Crippen LogP contribution >= 0.6 is 0 Å². The van der Waals surface area contributed by atoms with Crippen LogP contribution in [0, 0.1) is 0 Å². The fraction of sp³-hybridized carbons (Fsp3) is 0.364. The minimum Gasteiger partial charge on any atom is -0.496 e. The summed E-state index contributed by atoms with van der Waals surface area (Å²) in [5.41, 5.74) is 1.75. The Morgan fingerprint density at radius 1 is 0.931 bits per heavy atom. The van der Waals surface area contributed by atoms with Gasteiger partial charge in [-0.1, -0.05) is 24.3 Å². The third-order valence-electron chi connectivity index (χ3n) is 4.39. The first kappa shape index (κ1) is 22.1. The van der Waals surface area contributed by atoms with Gasteiger partial charge in [-0.3, -0.25) is 9.59 Å². The molecule has 0 aliphatic rings. The number of rotatable bonds is 10. The highest BCUT2D eigenvalue weighted by Gasteiger charge is 2.18. The number of hydrogen-bond donors (Lipinski definition) is 1. The molecule has 7 nitrogen and oxygen atoms in total. The second-order valence-corrected chi connectivity index (χ2v) is 6.35. The first-order valence-electron chi connectivity index (χ1n) is 9.28. The van der Waals surface area contributed by atoms with E-state index in [1.54, 1.807) is 34.3 Å². The van der Waals surface area contributed by atoms with Crippen molar-refractivity contribution in [3.8, 4) is 17.2 Å². The van der Waals surface area contributed by atoms with Crippen molar-refractivity contribution in [2.24, 2.45) is 0 Å². The fourth-order valence-corrected chi connectivity index (χ4v) is 2.77. The molecule has 2 aromatic rings. The number of carbonyl (C=O) groups excluding carboxylic acids is 2. The van der Waals surface area contributed by atoms with Gasteiger partial charge in [0, 0.05) is 18.5 Å². The highest BCUT2D eigenvalue weighted by molar-refractivity contribution is 5.83. The van der Waals surface area contributed by atoms with Gasteiger partial charge in [0.25, 0.3) is 5.91 Å². The molecule has 0 aromatic heterocycles. The number of benzene rings is 2. The lowest BCUT2D eigenvalue weighted by Crippen LogP contribution is -2.35. The van der Waals surface area contributed by atoms with Crippen LogP contribution in [0.4, 0.5) is 0 Å². The fourth-order valence-electron chi connectivity index (χ4n) is 2.77. The van der Waals surface area contributed by atoms with Gasteiger partial charge < -0.3 is 24.3 Å². The van der Waals surface area contributed by atoms with Gasteiger partial charge in [-0.25, -0.2) is 0 Å². The van der Waals surface area contributed by atoms with E-state index >= 15 is 0 Å². The van der Waals surface area contributed by atoms with Crippen LogP contribution in [0.15, 0.2) is 42.5 Å². The normalized spacial score (nSPS) is 11.3. The molecule has 0 aliphatic heterocycles. The Bertz CT molecular complexity index is 836. The van der Waals surface area contributed by atoms with E-state index in [2.05, 4.69) is 5.32 Å². The molecule has 2 rings (SSSR count). The van der Waals surface area contributed by atoms with Gasteiger partial charge in [-0.15, -0.1) is 0 Å². The molecule has 1 amide bonds. The molecule has 1 N–H and O–H groups in total. The van der Waals surface area contributed by atoms with E-state index in [1.807, 2.05) is 36.4 Å². The molecule has 0 heterocycles. The van der Waals surface area contributed by atoms with Gasteiger partial charge in [0.05, 0.1) is 21.3 Å². The van der Waals surface area contributed by atoms with E-state index in [1.165, 1.54) is 0 Å². The predicted octanol–water partition coefficient (Wildman–Crippen LogP) is 2.89. The van der Waals surface area contributed by atoms with Gasteiger partial charge in [0.2, 0.25) is 0 Å². The standard InChI is InChI=1S/C22H27NO6/c1-15(22(25)23-14-17-7-5-6-8-18(17)26-2)29-21(24)12-10-16-9-11-19(27-3)20(13-16)28-4/h5-9,11,13,15H,10,12,14H2,1-4H3,(H,23,25)/t15-/m0/s1. The van der Waals surface area contributed by atoms with Gasteiger partial charge in [-0.05, 0) is 37.1 Å². The summed E-state index contributed by atoms with van der Waals surface area (Å²) in [5, 5.41) is 2.75. The van der Waals surface area contributed by atoms with E-state index in [0.717, 1.165) is 11.1 Å². The quantitative estimate of drug-likeness (QED) is 0.617. The lowest BCUT2D eigenvalue weighted by atomic mass is 10.1. The molecular formula is C22H27NO6. The van der Waals surface area contributed by atoms with Crippen LogP contribution in [0.2, 0.25) is 0 Å². The van der Waals surface area contributed by atoms with Crippen molar-refractivity contribution in [3.63, 3.8) is 0 Å². The summed E-state index contributed by atoms with van der Waals surface area (Å²) < 4.78 is 20.9. The smallest absolute Gasteiger partial charge is 0.306 e. The molecule has 0 bridgehead atoms. The lowest BCUT2D eigenvalue weighted by molar-refractivity contribution is -0.154. The molecule has 0 fully saturated rings. The molecule has 0 spiro atoms. The van der Waals surface area contributed by atoms with Crippen molar-refractivity contribution in [1.82, 2.24) is 5.32 Å². The first-order valence-corrected chi connectivity index (χ1v) is 9.28. The monoisotopic (exact) mass is 401 g/mol. The number of nitrogens with one attached hydrogen (secondary N) is 1. The molecule has 0 aliphatic carbocycles. The Morgan fingerprint density at radius 2 is 1.62 bits per heavy atom. The lowest BCUT2D eigenvalue weighted by Gasteiger charge is -2.15. The maximum atomic E-state index is 12.2.